The van der Waals surface area contributed by atoms with Crippen LogP contribution in [-0.4, -0.2) is 5.91 Å². The molecule has 4 nitrogen and oxygen atoms in total. The Kier molecular flexibility index (Phi) is 5.34. The van der Waals surface area contributed by atoms with Crippen molar-refractivity contribution in [2.75, 3.05) is 0 Å². The molecule has 2 aromatic carbocycles. The van der Waals surface area contributed by atoms with Crippen molar-refractivity contribution in [2.45, 2.75) is 6.61 Å². The van der Waals surface area contributed by atoms with Gasteiger partial charge in [-0.3, -0.25) is 4.79 Å². The fourth-order valence-electron chi connectivity index (χ4n) is 1.79. The molecule has 0 fully saturated rings. The van der Waals surface area contributed by atoms with Gasteiger partial charge in [-0.15, -0.1) is 0 Å². The minimum Gasteiger partial charge on any atom is -0.487 e. The zero-order valence-electron chi connectivity index (χ0n) is 11.9. The molecule has 6 heteroatoms. The van der Waals surface area contributed by atoms with E-state index in [1.165, 1.54) is 18.2 Å². The molecule has 0 unspecified atom stereocenters. The Morgan fingerprint density at radius 3 is 2.57 bits per heavy atom. The van der Waals surface area contributed by atoms with E-state index in [1.54, 1.807) is 36.4 Å². The molecule has 0 aliphatic rings. The van der Waals surface area contributed by atoms with Gasteiger partial charge in [-0.25, -0.2) is 4.39 Å². The van der Waals surface area contributed by atoms with Crippen molar-refractivity contribution in [3.63, 3.8) is 0 Å². The van der Waals surface area contributed by atoms with E-state index in [0.717, 1.165) is 5.56 Å². The summed E-state index contributed by atoms with van der Waals surface area (Å²) in [5, 5.41) is 9.13. The lowest BCUT2D eigenvalue weighted by molar-refractivity contribution is -0.114. The molecule has 2 rings (SSSR count). The number of carbonyl (C=O) groups excluding carboxylic acids is 1. The number of carbonyl (C=O) groups is 1. The van der Waals surface area contributed by atoms with Crippen LogP contribution in [0.1, 0.15) is 11.1 Å². The van der Waals surface area contributed by atoms with Gasteiger partial charge in [-0.2, -0.15) is 5.26 Å². The van der Waals surface area contributed by atoms with Gasteiger partial charge in [0.15, 0.2) is 0 Å². The Labute approximate surface area is 137 Å². The van der Waals surface area contributed by atoms with Gasteiger partial charge in [-0.05, 0) is 41.5 Å². The van der Waals surface area contributed by atoms with Crippen LogP contribution in [0.25, 0.3) is 6.08 Å². The summed E-state index contributed by atoms with van der Waals surface area (Å²) in [6, 6.07) is 12.5. The first-order chi connectivity index (χ1) is 11.0. The maximum Gasteiger partial charge on any atom is 0.259 e. The van der Waals surface area contributed by atoms with Crippen molar-refractivity contribution in [3.05, 3.63) is 70.0 Å². The molecule has 0 spiro atoms. The van der Waals surface area contributed by atoms with Crippen LogP contribution in [0.4, 0.5) is 4.39 Å². The molecule has 0 aromatic heterocycles. The Hall–Kier alpha value is -2.84. The molecule has 0 radical (unpaired) electrons. The first kappa shape index (κ1) is 16.5. The average molecular weight is 331 g/mol. The molecule has 0 bridgehead atoms. The van der Waals surface area contributed by atoms with Crippen molar-refractivity contribution in [1.29, 1.82) is 5.26 Å². The van der Waals surface area contributed by atoms with E-state index in [0.29, 0.717) is 16.3 Å². The average Bonchev–Trinajstić information content (AvgIpc) is 2.53. The normalized spacial score (nSPS) is 10.9. The molecule has 23 heavy (non-hydrogen) atoms. The molecule has 0 saturated carbocycles. The summed E-state index contributed by atoms with van der Waals surface area (Å²) in [4.78, 5) is 11.0. The third-order valence-corrected chi connectivity index (χ3v) is 3.26. The van der Waals surface area contributed by atoms with Crippen LogP contribution >= 0.6 is 11.6 Å². The van der Waals surface area contributed by atoms with E-state index in [2.05, 4.69) is 0 Å². The van der Waals surface area contributed by atoms with E-state index in [9.17, 15) is 9.18 Å². The van der Waals surface area contributed by atoms with Crippen LogP contribution in [-0.2, 0) is 11.4 Å². The van der Waals surface area contributed by atoms with Crippen molar-refractivity contribution >= 4 is 23.6 Å². The SMILES string of the molecule is N#C/C(=C\c1ccc(OCc2ccc(F)cc2)c(Cl)c1)C(N)=O. The quantitative estimate of drug-likeness (QED) is 0.674. The predicted octanol–water partition coefficient (Wildman–Crippen LogP) is 3.45. The zero-order valence-corrected chi connectivity index (χ0v) is 12.7. The van der Waals surface area contributed by atoms with Gasteiger partial charge in [0.1, 0.15) is 29.8 Å². The minimum absolute atomic E-state index is 0.166. The maximum atomic E-state index is 12.8. The van der Waals surface area contributed by atoms with Gasteiger partial charge in [0.2, 0.25) is 0 Å². The van der Waals surface area contributed by atoms with E-state index in [4.69, 9.17) is 27.3 Å². The molecule has 0 heterocycles. The molecule has 2 aromatic rings. The third-order valence-electron chi connectivity index (χ3n) is 2.96. The van der Waals surface area contributed by atoms with E-state index < -0.39 is 5.91 Å². The second-order valence-electron chi connectivity index (χ2n) is 4.64. The Morgan fingerprint density at radius 1 is 1.30 bits per heavy atom. The second-order valence-corrected chi connectivity index (χ2v) is 5.05. The maximum absolute atomic E-state index is 12.8. The monoisotopic (exact) mass is 330 g/mol. The molecule has 116 valence electrons. The summed E-state index contributed by atoms with van der Waals surface area (Å²) in [5.41, 5.74) is 6.26. The summed E-state index contributed by atoms with van der Waals surface area (Å²) in [7, 11) is 0. The van der Waals surface area contributed by atoms with E-state index in [1.807, 2.05) is 0 Å². The number of hydrogen-bond acceptors (Lipinski definition) is 3. The highest BCUT2D eigenvalue weighted by atomic mass is 35.5. The fourth-order valence-corrected chi connectivity index (χ4v) is 2.03. The van der Waals surface area contributed by atoms with Gasteiger partial charge in [0.25, 0.3) is 5.91 Å². The number of hydrogen-bond donors (Lipinski definition) is 1. The standard InChI is InChI=1S/C17H12ClFN2O2/c18-15-8-12(7-13(9-20)17(21)22)3-6-16(15)23-10-11-1-4-14(19)5-2-11/h1-8H,10H2,(H2,21,22)/b13-7+. The van der Waals surface area contributed by atoms with Crippen LogP contribution in [0.15, 0.2) is 48.0 Å². The summed E-state index contributed by atoms with van der Waals surface area (Å²) in [6.07, 6.45) is 1.35. The minimum atomic E-state index is -0.805. The number of halogens is 2. The smallest absolute Gasteiger partial charge is 0.259 e. The Morgan fingerprint density at radius 2 is 2.00 bits per heavy atom. The Bertz CT molecular complexity index is 795. The second kappa shape index (κ2) is 7.43. The number of ether oxygens (including phenoxy) is 1. The van der Waals surface area contributed by atoms with Gasteiger partial charge in [-0.1, -0.05) is 29.8 Å². The van der Waals surface area contributed by atoms with Crippen molar-refractivity contribution < 1.29 is 13.9 Å². The van der Waals surface area contributed by atoms with Gasteiger partial charge in [0.05, 0.1) is 5.02 Å². The van der Waals surface area contributed by atoms with E-state index >= 15 is 0 Å². The van der Waals surface area contributed by atoms with Crippen molar-refractivity contribution in [3.8, 4) is 11.8 Å². The number of nitrogens with two attached hydrogens (primary N) is 1. The molecular formula is C17H12ClFN2O2. The first-order valence-electron chi connectivity index (χ1n) is 6.58. The molecule has 1 amide bonds. The van der Waals surface area contributed by atoms with Gasteiger partial charge in [0, 0.05) is 0 Å². The third kappa shape index (κ3) is 4.56. The van der Waals surface area contributed by atoms with Crippen LogP contribution in [0.2, 0.25) is 5.02 Å². The lowest BCUT2D eigenvalue weighted by Gasteiger charge is -2.09. The highest BCUT2D eigenvalue weighted by Gasteiger charge is 2.06. The summed E-state index contributed by atoms with van der Waals surface area (Å²) in [6.45, 7) is 0.236. The number of nitrogens with zero attached hydrogens (tertiary/aromatic N) is 1. The number of nitriles is 1. The van der Waals surface area contributed by atoms with Crippen LogP contribution in [0.3, 0.4) is 0 Å². The molecule has 2 N–H and O–H groups in total. The number of rotatable bonds is 5. The number of amides is 1. The molecule has 0 aliphatic carbocycles. The summed E-state index contributed by atoms with van der Waals surface area (Å²) >= 11 is 6.11. The number of benzene rings is 2. The van der Waals surface area contributed by atoms with E-state index in [-0.39, 0.29) is 18.0 Å². The summed E-state index contributed by atoms with van der Waals surface area (Å²) < 4.78 is 18.4. The van der Waals surface area contributed by atoms with Gasteiger partial charge >= 0.3 is 0 Å². The molecular weight excluding hydrogens is 319 g/mol. The lowest BCUT2D eigenvalue weighted by atomic mass is 10.1. The highest BCUT2D eigenvalue weighted by molar-refractivity contribution is 6.32. The highest BCUT2D eigenvalue weighted by Crippen LogP contribution is 2.27. The van der Waals surface area contributed by atoms with Crippen LogP contribution < -0.4 is 10.5 Å². The lowest BCUT2D eigenvalue weighted by Crippen LogP contribution is -2.12. The molecule has 0 aliphatic heterocycles. The largest absolute Gasteiger partial charge is 0.487 e. The van der Waals surface area contributed by atoms with Crippen molar-refractivity contribution in [1.82, 2.24) is 0 Å². The molecule has 0 atom stereocenters. The Balaban J connectivity index is 2.12. The zero-order chi connectivity index (χ0) is 16.8. The van der Waals surface area contributed by atoms with Gasteiger partial charge < -0.3 is 10.5 Å². The van der Waals surface area contributed by atoms with Crippen molar-refractivity contribution in [2.24, 2.45) is 5.73 Å². The van der Waals surface area contributed by atoms with Crippen LogP contribution in [0, 0.1) is 17.1 Å². The van der Waals surface area contributed by atoms with Crippen LogP contribution in [0.5, 0.6) is 5.75 Å². The predicted molar refractivity (Wildman–Crippen MR) is 85.0 cm³/mol. The fraction of sp³-hybridized carbons (Fsp3) is 0.0588. The number of primary amides is 1. The topological polar surface area (TPSA) is 76.1 Å². The summed E-state index contributed by atoms with van der Waals surface area (Å²) in [5.74, 6) is -0.684. The first-order valence-corrected chi connectivity index (χ1v) is 6.96. The molecule has 0 saturated heterocycles.